The Labute approximate surface area is 144 Å². The van der Waals surface area contributed by atoms with E-state index >= 15 is 0 Å². The first-order chi connectivity index (χ1) is 12.1. The summed E-state index contributed by atoms with van der Waals surface area (Å²) in [7, 11) is 0. The van der Waals surface area contributed by atoms with Gasteiger partial charge in [-0.15, -0.1) is 0 Å². The number of hydrogen-bond acceptors (Lipinski definition) is 5. The summed E-state index contributed by atoms with van der Waals surface area (Å²) in [6, 6.07) is 8.75. The number of anilines is 1. The highest BCUT2D eigenvalue weighted by Gasteiger charge is 2.47. The summed E-state index contributed by atoms with van der Waals surface area (Å²) in [5.74, 6) is -2.72. The van der Waals surface area contributed by atoms with Crippen molar-refractivity contribution in [3.8, 4) is 0 Å². The van der Waals surface area contributed by atoms with Crippen molar-refractivity contribution in [3.63, 3.8) is 0 Å². The fourth-order valence-corrected chi connectivity index (χ4v) is 3.06. The van der Waals surface area contributed by atoms with Gasteiger partial charge in [-0.1, -0.05) is 30.4 Å². The molecule has 3 rings (SSSR count). The maximum Gasteiger partial charge on any atom is 0.326 e. The molecule has 0 spiro atoms. The lowest BCUT2D eigenvalue weighted by Gasteiger charge is -2.14. The van der Waals surface area contributed by atoms with Gasteiger partial charge in [0.25, 0.3) is 5.91 Å². The largest absolute Gasteiger partial charge is 0.454 e. The van der Waals surface area contributed by atoms with E-state index in [1.165, 1.54) is 0 Å². The molecule has 2 atom stereocenters. The molecule has 1 heterocycles. The maximum atomic E-state index is 12.2. The average molecular weight is 342 g/mol. The van der Waals surface area contributed by atoms with Gasteiger partial charge in [0.1, 0.15) is 6.54 Å². The molecule has 1 saturated heterocycles. The lowest BCUT2D eigenvalue weighted by Crippen LogP contribution is -2.37. The zero-order chi connectivity index (χ0) is 17.8. The highest BCUT2D eigenvalue weighted by Crippen LogP contribution is 2.34. The molecule has 1 fully saturated rings. The Hall–Kier alpha value is -2.96. The number of allylic oxidation sites excluding steroid dienone is 2. The number of hydrogen-bond donors (Lipinski definition) is 1. The van der Waals surface area contributed by atoms with Crippen LogP contribution in [0.5, 0.6) is 0 Å². The topological polar surface area (TPSA) is 92.8 Å². The summed E-state index contributed by atoms with van der Waals surface area (Å²) in [4.78, 5) is 49.1. The average Bonchev–Trinajstić information content (AvgIpc) is 2.86. The molecule has 1 aromatic rings. The van der Waals surface area contributed by atoms with Crippen LogP contribution in [0.25, 0.3) is 0 Å². The Balaban J connectivity index is 1.49. The summed E-state index contributed by atoms with van der Waals surface area (Å²) in [6.45, 7) is -0.929. The summed E-state index contributed by atoms with van der Waals surface area (Å²) in [5.41, 5.74) is 0.588. The molecule has 130 valence electrons. The second kappa shape index (κ2) is 7.29. The van der Waals surface area contributed by atoms with Crippen molar-refractivity contribution in [1.29, 1.82) is 0 Å². The van der Waals surface area contributed by atoms with E-state index in [9.17, 15) is 19.2 Å². The van der Waals surface area contributed by atoms with Gasteiger partial charge in [0.05, 0.1) is 11.8 Å². The number of imide groups is 1. The standard InChI is InChI=1S/C18H18N2O5/c21-15(19-12-6-2-1-3-7-12)11-25-16(22)10-20-17(23)13-8-4-5-9-14(13)18(20)24/h1-7,13-14H,8-11H2,(H,19,21)/t13-,14+. The number of para-hydroxylation sites is 1. The van der Waals surface area contributed by atoms with Crippen LogP contribution >= 0.6 is 0 Å². The lowest BCUT2D eigenvalue weighted by molar-refractivity contribution is -0.154. The van der Waals surface area contributed by atoms with Crippen molar-refractivity contribution in [2.24, 2.45) is 11.8 Å². The zero-order valence-electron chi connectivity index (χ0n) is 13.5. The van der Waals surface area contributed by atoms with E-state index in [4.69, 9.17) is 4.74 Å². The monoisotopic (exact) mass is 342 g/mol. The molecular weight excluding hydrogens is 324 g/mol. The third-order valence-corrected chi connectivity index (χ3v) is 4.31. The Morgan fingerprint density at radius 1 is 1.04 bits per heavy atom. The maximum absolute atomic E-state index is 12.2. The second-order valence-corrected chi connectivity index (χ2v) is 5.99. The molecule has 7 heteroatoms. The zero-order valence-corrected chi connectivity index (χ0v) is 13.5. The highest BCUT2D eigenvalue weighted by molar-refractivity contribution is 6.07. The molecule has 0 radical (unpaired) electrons. The van der Waals surface area contributed by atoms with Crippen LogP contribution in [0.4, 0.5) is 5.69 Å². The summed E-state index contributed by atoms with van der Waals surface area (Å²) < 4.78 is 4.88. The minimum Gasteiger partial charge on any atom is -0.454 e. The number of carbonyl (C=O) groups is 4. The lowest BCUT2D eigenvalue weighted by atomic mass is 9.85. The number of nitrogens with zero attached hydrogens (tertiary/aromatic N) is 1. The van der Waals surface area contributed by atoms with Crippen LogP contribution in [0.15, 0.2) is 42.5 Å². The third-order valence-electron chi connectivity index (χ3n) is 4.31. The van der Waals surface area contributed by atoms with E-state index in [-0.39, 0.29) is 23.7 Å². The van der Waals surface area contributed by atoms with Gasteiger partial charge < -0.3 is 10.1 Å². The smallest absolute Gasteiger partial charge is 0.326 e. The van der Waals surface area contributed by atoms with Gasteiger partial charge in [-0.2, -0.15) is 0 Å². The van der Waals surface area contributed by atoms with Crippen molar-refractivity contribution < 1.29 is 23.9 Å². The number of carbonyl (C=O) groups excluding carboxylic acids is 4. The van der Waals surface area contributed by atoms with Gasteiger partial charge in [-0.3, -0.25) is 24.1 Å². The van der Waals surface area contributed by atoms with E-state index in [1.807, 2.05) is 18.2 Å². The molecule has 0 unspecified atom stereocenters. The molecule has 1 aromatic carbocycles. The summed E-state index contributed by atoms with van der Waals surface area (Å²) in [6.07, 6.45) is 4.78. The van der Waals surface area contributed by atoms with E-state index in [1.54, 1.807) is 24.3 Å². The number of rotatable bonds is 5. The first kappa shape index (κ1) is 16.9. The molecule has 0 saturated carbocycles. The van der Waals surface area contributed by atoms with Crippen LogP contribution in [-0.2, 0) is 23.9 Å². The fraction of sp³-hybridized carbons (Fsp3) is 0.333. The van der Waals surface area contributed by atoms with Crippen molar-refractivity contribution >= 4 is 29.4 Å². The number of fused-ring (bicyclic) bond motifs is 1. The number of nitrogens with one attached hydrogen (secondary N) is 1. The third kappa shape index (κ3) is 3.76. The molecule has 1 N–H and O–H groups in total. The molecule has 1 aliphatic carbocycles. The summed E-state index contributed by atoms with van der Waals surface area (Å²) >= 11 is 0. The SMILES string of the molecule is O=C(COC(=O)CN1C(=O)[C@H]2CC=CC[C@H]2C1=O)Nc1ccccc1. The molecule has 2 aliphatic rings. The quantitative estimate of drug-likeness (QED) is 0.492. The number of likely N-dealkylation sites (tertiary alicyclic amines) is 1. The minimum atomic E-state index is -0.781. The molecule has 7 nitrogen and oxygen atoms in total. The Morgan fingerprint density at radius 3 is 2.24 bits per heavy atom. The van der Waals surface area contributed by atoms with E-state index < -0.39 is 25.0 Å². The molecule has 0 bridgehead atoms. The fourth-order valence-electron chi connectivity index (χ4n) is 3.06. The van der Waals surface area contributed by atoms with Crippen LogP contribution < -0.4 is 5.32 Å². The van der Waals surface area contributed by atoms with Crippen LogP contribution in [0, 0.1) is 11.8 Å². The van der Waals surface area contributed by atoms with Gasteiger partial charge >= 0.3 is 5.97 Å². The minimum absolute atomic E-state index is 0.343. The van der Waals surface area contributed by atoms with Crippen LogP contribution in [-0.4, -0.2) is 41.7 Å². The predicted molar refractivity (Wildman–Crippen MR) is 88.1 cm³/mol. The van der Waals surface area contributed by atoms with Gasteiger partial charge in [-0.25, -0.2) is 0 Å². The molecule has 3 amide bonds. The first-order valence-corrected chi connectivity index (χ1v) is 8.07. The number of ether oxygens (including phenoxy) is 1. The number of amides is 3. The van der Waals surface area contributed by atoms with Crippen LogP contribution in [0.2, 0.25) is 0 Å². The predicted octanol–water partition coefficient (Wildman–Crippen LogP) is 1.12. The number of esters is 1. The van der Waals surface area contributed by atoms with Crippen molar-refractivity contribution in [3.05, 3.63) is 42.5 Å². The van der Waals surface area contributed by atoms with E-state index in [0.29, 0.717) is 18.5 Å². The van der Waals surface area contributed by atoms with Crippen LogP contribution in [0.3, 0.4) is 0 Å². The van der Waals surface area contributed by atoms with Gasteiger partial charge in [0.2, 0.25) is 11.8 Å². The molecule has 1 aliphatic heterocycles. The van der Waals surface area contributed by atoms with E-state index in [2.05, 4.69) is 5.32 Å². The van der Waals surface area contributed by atoms with Gasteiger partial charge in [-0.05, 0) is 25.0 Å². The second-order valence-electron chi connectivity index (χ2n) is 5.99. The van der Waals surface area contributed by atoms with Crippen molar-refractivity contribution in [2.45, 2.75) is 12.8 Å². The number of benzene rings is 1. The van der Waals surface area contributed by atoms with Crippen molar-refractivity contribution in [2.75, 3.05) is 18.5 Å². The van der Waals surface area contributed by atoms with Crippen molar-refractivity contribution in [1.82, 2.24) is 4.90 Å². The highest BCUT2D eigenvalue weighted by atomic mass is 16.5. The Kier molecular flexibility index (Phi) is 4.92. The van der Waals surface area contributed by atoms with E-state index in [0.717, 1.165) is 4.90 Å². The molecular formula is C18H18N2O5. The first-order valence-electron chi connectivity index (χ1n) is 8.07. The Morgan fingerprint density at radius 2 is 1.64 bits per heavy atom. The Bertz CT molecular complexity index is 702. The summed E-state index contributed by atoms with van der Waals surface area (Å²) in [5, 5.41) is 2.58. The van der Waals surface area contributed by atoms with Gasteiger partial charge in [0.15, 0.2) is 6.61 Å². The van der Waals surface area contributed by atoms with Gasteiger partial charge in [0, 0.05) is 5.69 Å². The van der Waals surface area contributed by atoms with Crippen LogP contribution in [0.1, 0.15) is 12.8 Å². The normalized spacial score (nSPS) is 21.8. The molecule has 25 heavy (non-hydrogen) atoms. The molecule has 0 aromatic heterocycles.